The minimum absolute atomic E-state index is 0.0808. The molecule has 0 saturated carbocycles. The number of oxime groups is 1. The van der Waals surface area contributed by atoms with Crippen LogP contribution in [0.2, 0.25) is 0 Å². The van der Waals surface area contributed by atoms with Gasteiger partial charge in [0.1, 0.15) is 12.8 Å². The van der Waals surface area contributed by atoms with E-state index in [1.165, 1.54) is 26.7 Å². The summed E-state index contributed by atoms with van der Waals surface area (Å²) in [6, 6.07) is -0.490. The molecule has 0 amide bonds. The van der Waals surface area contributed by atoms with E-state index in [-0.39, 0.29) is 34.6 Å². The van der Waals surface area contributed by atoms with Crippen LogP contribution in [0.5, 0.6) is 18.0 Å². The first-order chi connectivity index (χ1) is 11.1. The number of carbonyl (C=O) groups excluding carboxylic acids is 1. The second-order valence-corrected chi connectivity index (χ2v) is 4.56. The Balaban J connectivity index is 2.27. The van der Waals surface area contributed by atoms with E-state index in [2.05, 4.69) is 29.9 Å². The largest absolute Gasteiger partial charge is 0.467 e. The maximum Gasteiger partial charge on any atom is 0.370 e. The molecule has 0 atom stereocenters. The molecule has 0 aliphatic heterocycles. The summed E-state index contributed by atoms with van der Waals surface area (Å²) in [5, 5.41) is 5.38. The molecule has 23 heavy (non-hydrogen) atoms. The van der Waals surface area contributed by atoms with Crippen molar-refractivity contribution in [3.05, 3.63) is 11.1 Å². The van der Waals surface area contributed by atoms with Crippen molar-refractivity contribution in [2.24, 2.45) is 5.16 Å². The molecule has 2 heterocycles. The number of methoxy groups -OCH3 is 2. The zero-order chi connectivity index (χ0) is 16.8. The number of nitrogens with zero attached hydrogens (tertiary/aromatic N) is 5. The van der Waals surface area contributed by atoms with Crippen LogP contribution in [-0.2, 0) is 9.63 Å². The number of hydrogen-bond donors (Lipinski definition) is 1. The van der Waals surface area contributed by atoms with Crippen molar-refractivity contribution >= 4 is 28.1 Å². The fourth-order valence-corrected chi connectivity index (χ4v) is 1.90. The molecule has 0 aliphatic carbocycles. The number of carbonyl (C=O) groups is 1. The third kappa shape index (κ3) is 4.00. The third-order valence-corrected chi connectivity index (χ3v) is 2.94. The number of nitrogen functional groups attached to an aromatic ring is 1. The summed E-state index contributed by atoms with van der Waals surface area (Å²) in [5.41, 5.74) is 5.54. The molecule has 0 bridgehead atoms. The van der Waals surface area contributed by atoms with E-state index in [0.29, 0.717) is 0 Å². The number of hydrogen-bond acceptors (Lipinski definition) is 12. The van der Waals surface area contributed by atoms with Crippen LogP contribution in [0.4, 0.5) is 5.13 Å². The lowest BCUT2D eigenvalue weighted by Crippen LogP contribution is -2.23. The molecule has 0 fully saturated rings. The van der Waals surface area contributed by atoms with Crippen molar-refractivity contribution in [3.8, 4) is 18.0 Å². The first kappa shape index (κ1) is 16.4. The standard InChI is InChI=1S/C11H12N6O5S/c1-19-9-14-10(20-2)16-11(15-9)22-7(18)6(17-21-3)5-4-23-8(12)13-5/h4H,1-3H3,(H2,12,13)/b17-6-. The lowest BCUT2D eigenvalue weighted by molar-refractivity contribution is -0.127. The third-order valence-electron chi connectivity index (χ3n) is 2.26. The van der Waals surface area contributed by atoms with Crippen molar-refractivity contribution in [3.63, 3.8) is 0 Å². The van der Waals surface area contributed by atoms with E-state index in [1.54, 1.807) is 0 Å². The minimum atomic E-state index is -0.896. The predicted octanol–water partition coefficient (Wildman–Crippen LogP) is -0.116. The van der Waals surface area contributed by atoms with Crippen LogP contribution in [-0.4, -0.2) is 52.9 Å². The maximum absolute atomic E-state index is 12.2. The van der Waals surface area contributed by atoms with Gasteiger partial charge in [0.15, 0.2) is 5.13 Å². The van der Waals surface area contributed by atoms with Gasteiger partial charge >= 0.3 is 24.0 Å². The molecule has 12 heteroatoms. The van der Waals surface area contributed by atoms with Gasteiger partial charge in [0, 0.05) is 5.38 Å². The number of anilines is 1. The molecule has 2 rings (SSSR count). The number of ether oxygens (including phenoxy) is 3. The fraction of sp³-hybridized carbons (Fsp3) is 0.273. The monoisotopic (exact) mass is 340 g/mol. The normalized spacial score (nSPS) is 11.0. The van der Waals surface area contributed by atoms with Gasteiger partial charge in [-0.05, 0) is 0 Å². The Morgan fingerprint density at radius 1 is 1.09 bits per heavy atom. The topological polar surface area (TPSA) is 144 Å². The Labute approximate surface area is 134 Å². The lowest BCUT2D eigenvalue weighted by Gasteiger charge is -2.05. The number of nitrogens with two attached hydrogens (primary N) is 1. The number of esters is 1. The van der Waals surface area contributed by atoms with Crippen molar-refractivity contribution in [2.75, 3.05) is 27.1 Å². The van der Waals surface area contributed by atoms with Gasteiger partial charge in [-0.15, -0.1) is 26.3 Å². The van der Waals surface area contributed by atoms with E-state index >= 15 is 0 Å². The van der Waals surface area contributed by atoms with Crippen molar-refractivity contribution < 1.29 is 23.8 Å². The first-order valence-corrected chi connectivity index (χ1v) is 6.84. The van der Waals surface area contributed by atoms with Crippen LogP contribution in [0.15, 0.2) is 10.5 Å². The quantitative estimate of drug-likeness (QED) is 0.429. The molecule has 0 aromatic carbocycles. The molecule has 122 valence electrons. The molecule has 11 nitrogen and oxygen atoms in total. The van der Waals surface area contributed by atoms with E-state index < -0.39 is 5.97 Å². The SMILES string of the molecule is CO/N=C(\C(=O)Oc1nc(OC)nc(OC)n1)c1csc(N)n1. The highest BCUT2D eigenvalue weighted by molar-refractivity contribution is 7.13. The Kier molecular flexibility index (Phi) is 5.19. The smallest absolute Gasteiger partial charge is 0.370 e. The Morgan fingerprint density at radius 2 is 1.70 bits per heavy atom. The van der Waals surface area contributed by atoms with Crippen LogP contribution < -0.4 is 19.9 Å². The van der Waals surface area contributed by atoms with Crippen LogP contribution in [0, 0.1) is 0 Å². The van der Waals surface area contributed by atoms with E-state index in [4.69, 9.17) is 19.9 Å². The van der Waals surface area contributed by atoms with Gasteiger partial charge in [-0.2, -0.15) is 0 Å². The fourth-order valence-electron chi connectivity index (χ4n) is 1.36. The molecule has 0 unspecified atom stereocenters. The maximum atomic E-state index is 12.2. The molecule has 0 spiro atoms. The van der Waals surface area contributed by atoms with Crippen LogP contribution >= 0.6 is 11.3 Å². The highest BCUT2D eigenvalue weighted by Crippen LogP contribution is 2.16. The molecule has 0 aliphatic rings. The highest BCUT2D eigenvalue weighted by Gasteiger charge is 2.23. The molecule has 0 saturated heterocycles. The zero-order valence-electron chi connectivity index (χ0n) is 12.3. The first-order valence-electron chi connectivity index (χ1n) is 5.96. The van der Waals surface area contributed by atoms with Gasteiger partial charge in [0.05, 0.1) is 14.2 Å². The van der Waals surface area contributed by atoms with Gasteiger partial charge < -0.3 is 24.8 Å². The van der Waals surface area contributed by atoms with Crippen LogP contribution in [0.1, 0.15) is 5.69 Å². The molecular formula is C11H12N6O5S. The Bertz CT molecular complexity index is 711. The predicted molar refractivity (Wildman–Crippen MR) is 78.6 cm³/mol. The average molecular weight is 340 g/mol. The summed E-state index contributed by atoms with van der Waals surface area (Å²) in [4.78, 5) is 32.1. The number of rotatable bonds is 6. The molecule has 2 aromatic rings. The summed E-state index contributed by atoms with van der Waals surface area (Å²) >= 11 is 1.14. The van der Waals surface area contributed by atoms with Gasteiger partial charge in [0.25, 0.3) is 0 Å². The molecule has 2 N–H and O–H groups in total. The molecule has 2 aromatic heterocycles. The summed E-state index contributed by atoms with van der Waals surface area (Å²) < 4.78 is 14.7. The second-order valence-electron chi connectivity index (χ2n) is 3.67. The summed E-state index contributed by atoms with van der Waals surface area (Å²) in [6.07, 6.45) is 0. The Morgan fingerprint density at radius 3 is 2.17 bits per heavy atom. The van der Waals surface area contributed by atoms with E-state index in [1.807, 2.05) is 0 Å². The van der Waals surface area contributed by atoms with Gasteiger partial charge in [-0.1, -0.05) is 5.16 Å². The van der Waals surface area contributed by atoms with Crippen LogP contribution in [0.25, 0.3) is 0 Å². The van der Waals surface area contributed by atoms with Gasteiger partial charge in [-0.25, -0.2) is 9.78 Å². The number of thiazole rings is 1. The molecule has 0 radical (unpaired) electrons. The summed E-state index contributed by atoms with van der Waals surface area (Å²) in [5.74, 6) is -0.896. The Hall–Kier alpha value is -3.02. The van der Waals surface area contributed by atoms with Gasteiger partial charge in [0.2, 0.25) is 5.71 Å². The van der Waals surface area contributed by atoms with Crippen molar-refractivity contribution in [2.45, 2.75) is 0 Å². The van der Waals surface area contributed by atoms with Crippen molar-refractivity contribution in [1.29, 1.82) is 0 Å². The minimum Gasteiger partial charge on any atom is -0.467 e. The lowest BCUT2D eigenvalue weighted by atomic mass is 10.3. The van der Waals surface area contributed by atoms with E-state index in [0.717, 1.165) is 11.3 Å². The van der Waals surface area contributed by atoms with Crippen LogP contribution in [0.3, 0.4) is 0 Å². The van der Waals surface area contributed by atoms with Crippen molar-refractivity contribution in [1.82, 2.24) is 19.9 Å². The summed E-state index contributed by atoms with van der Waals surface area (Å²) in [7, 11) is 3.96. The highest BCUT2D eigenvalue weighted by atomic mass is 32.1. The second kappa shape index (κ2) is 7.31. The zero-order valence-corrected chi connectivity index (χ0v) is 13.2. The summed E-state index contributed by atoms with van der Waals surface area (Å²) in [6.45, 7) is 0. The van der Waals surface area contributed by atoms with E-state index in [9.17, 15) is 4.79 Å². The number of aromatic nitrogens is 4. The average Bonchev–Trinajstić information content (AvgIpc) is 2.98. The van der Waals surface area contributed by atoms with Gasteiger partial charge in [-0.3, -0.25) is 0 Å². The molecular weight excluding hydrogens is 328 g/mol.